The van der Waals surface area contributed by atoms with Crippen LogP contribution in [0, 0.1) is 19.7 Å². The van der Waals surface area contributed by atoms with E-state index in [0.29, 0.717) is 16.7 Å². The summed E-state index contributed by atoms with van der Waals surface area (Å²) in [6.45, 7) is 3.14. The van der Waals surface area contributed by atoms with E-state index in [2.05, 4.69) is 0 Å². The van der Waals surface area contributed by atoms with E-state index in [1.807, 2.05) is 0 Å². The van der Waals surface area contributed by atoms with Crippen molar-refractivity contribution in [1.82, 2.24) is 0 Å². The molecular formula is C11H14FNO2. The molecule has 15 heavy (non-hydrogen) atoms. The third-order valence-corrected chi connectivity index (χ3v) is 2.34. The lowest BCUT2D eigenvalue weighted by Crippen LogP contribution is -2.16. The highest BCUT2D eigenvalue weighted by atomic mass is 19.1. The number of carbonyl (C=O) groups excluding carboxylic acids is 1. The molecule has 4 heteroatoms. The van der Waals surface area contributed by atoms with E-state index in [-0.39, 0.29) is 18.1 Å². The van der Waals surface area contributed by atoms with Crippen molar-refractivity contribution in [2.45, 2.75) is 13.8 Å². The normalized spacial score (nSPS) is 10.2. The summed E-state index contributed by atoms with van der Waals surface area (Å²) in [7, 11) is 1.38. The zero-order valence-corrected chi connectivity index (χ0v) is 9.06. The fraction of sp³-hybridized carbons (Fsp3) is 0.364. The van der Waals surface area contributed by atoms with Crippen molar-refractivity contribution >= 4 is 5.78 Å². The second kappa shape index (κ2) is 4.40. The van der Waals surface area contributed by atoms with Gasteiger partial charge in [-0.15, -0.1) is 0 Å². The molecule has 82 valence electrons. The maximum Gasteiger partial charge on any atom is 0.176 e. The lowest BCUT2D eigenvalue weighted by atomic mass is 10.00. The largest absolute Gasteiger partial charge is 0.493 e. The maximum atomic E-state index is 13.5. The minimum Gasteiger partial charge on any atom is -0.493 e. The molecule has 2 N–H and O–H groups in total. The summed E-state index contributed by atoms with van der Waals surface area (Å²) >= 11 is 0. The fourth-order valence-electron chi connectivity index (χ4n) is 1.50. The molecule has 0 aromatic heterocycles. The van der Waals surface area contributed by atoms with E-state index < -0.39 is 5.82 Å². The highest BCUT2D eigenvalue weighted by molar-refractivity contribution is 5.99. The number of ether oxygens (including phenoxy) is 1. The highest BCUT2D eigenvalue weighted by Gasteiger charge is 2.17. The molecule has 1 aromatic rings. The van der Waals surface area contributed by atoms with Gasteiger partial charge >= 0.3 is 0 Å². The highest BCUT2D eigenvalue weighted by Crippen LogP contribution is 2.28. The summed E-state index contributed by atoms with van der Waals surface area (Å²) in [6.07, 6.45) is 0. The lowest BCUT2D eigenvalue weighted by molar-refractivity contribution is 0.1000. The smallest absolute Gasteiger partial charge is 0.176 e. The SMILES string of the molecule is COc1c(C)c(C(=O)CN)cc(C)c1F. The number of hydrogen-bond donors (Lipinski definition) is 1. The first-order valence-corrected chi connectivity index (χ1v) is 4.59. The molecular weight excluding hydrogens is 197 g/mol. The Morgan fingerprint density at radius 1 is 1.53 bits per heavy atom. The molecule has 3 nitrogen and oxygen atoms in total. The van der Waals surface area contributed by atoms with Gasteiger partial charge in [-0.3, -0.25) is 4.79 Å². The third-order valence-electron chi connectivity index (χ3n) is 2.34. The standard InChI is InChI=1S/C11H14FNO2/c1-6-4-8(9(14)5-13)7(2)11(15-3)10(6)12/h4H,5,13H2,1-3H3. The molecule has 1 rings (SSSR count). The van der Waals surface area contributed by atoms with Gasteiger partial charge in [0.05, 0.1) is 13.7 Å². The quantitative estimate of drug-likeness (QED) is 0.772. The van der Waals surface area contributed by atoms with E-state index >= 15 is 0 Å². The van der Waals surface area contributed by atoms with Gasteiger partial charge in [-0.1, -0.05) is 0 Å². The van der Waals surface area contributed by atoms with Crippen molar-refractivity contribution in [1.29, 1.82) is 0 Å². The van der Waals surface area contributed by atoms with Crippen LogP contribution in [0.15, 0.2) is 6.07 Å². The molecule has 0 aliphatic rings. The van der Waals surface area contributed by atoms with Crippen LogP contribution in [0.25, 0.3) is 0 Å². The first kappa shape index (κ1) is 11.7. The first-order valence-electron chi connectivity index (χ1n) is 4.59. The molecule has 0 radical (unpaired) electrons. The zero-order chi connectivity index (χ0) is 11.6. The molecule has 0 fully saturated rings. The number of nitrogens with two attached hydrogens (primary N) is 1. The molecule has 0 unspecified atom stereocenters. The van der Waals surface area contributed by atoms with Crippen LogP contribution in [0.1, 0.15) is 21.5 Å². The van der Waals surface area contributed by atoms with Gasteiger partial charge in [0.15, 0.2) is 17.3 Å². The van der Waals surface area contributed by atoms with Gasteiger partial charge < -0.3 is 10.5 Å². The molecule has 0 atom stereocenters. The van der Waals surface area contributed by atoms with Gasteiger partial charge in [-0.05, 0) is 25.5 Å². The Labute approximate surface area is 88.0 Å². The lowest BCUT2D eigenvalue weighted by Gasteiger charge is -2.12. The van der Waals surface area contributed by atoms with Crippen molar-refractivity contribution in [2.75, 3.05) is 13.7 Å². The third kappa shape index (κ3) is 1.99. The second-order valence-electron chi connectivity index (χ2n) is 3.34. The van der Waals surface area contributed by atoms with Crippen LogP contribution in [-0.2, 0) is 0 Å². The fourth-order valence-corrected chi connectivity index (χ4v) is 1.50. The van der Waals surface area contributed by atoms with E-state index in [1.165, 1.54) is 13.2 Å². The number of aryl methyl sites for hydroxylation is 1. The second-order valence-corrected chi connectivity index (χ2v) is 3.34. The number of methoxy groups -OCH3 is 1. The van der Waals surface area contributed by atoms with Gasteiger partial charge in [0, 0.05) is 11.1 Å². The van der Waals surface area contributed by atoms with Crippen LogP contribution in [-0.4, -0.2) is 19.4 Å². The Morgan fingerprint density at radius 2 is 2.13 bits per heavy atom. The Bertz CT molecular complexity index is 402. The van der Waals surface area contributed by atoms with Crippen LogP contribution in [0.4, 0.5) is 4.39 Å². The summed E-state index contributed by atoms with van der Waals surface area (Å²) in [6, 6.07) is 1.50. The van der Waals surface area contributed by atoms with Gasteiger partial charge in [0.1, 0.15) is 0 Å². The van der Waals surface area contributed by atoms with Gasteiger partial charge in [0.2, 0.25) is 0 Å². The van der Waals surface area contributed by atoms with E-state index in [9.17, 15) is 9.18 Å². The molecule has 0 spiro atoms. The van der Waals surface area contributed by atoms with Crippen molar-refractivity contribution in [3.8, 4) is 5.75 Å². The van der Waals surface area contributed by atoms with Crippen molar-refractivity contribution in [3.63, 3.8) is 0 Å². The topological polar surface area (TPSA) is 52.3 Å². The first-order chi connectivity index (χ1) is 7.02. The van der Waals surface area contributed by atoms with Crippen molar-refractivity contribution in [3.05, 3.63) is 28.6 Å². The van der Waals surface area contributed by atoms with Crippen LogP contribution < -0.4 is 10.5 Å². The van der Waals surface area contributed by atoms with Crippen molar-refractivity contribution in [2.24, 2.45) is 5.73 Å². The Kier molecular flexibility index (Phi) is 3.42. The summed E-state index contributed by atoms with van der Waals surface area (Å²) in [5.74, 6) is -0.524. The number of benzene rings is 1. The number of Topliss-reactive ketones (excluding diaryl/α,β-unsaturated/α-hetero) is 1. The minimum absolute atomic E-state index is 0.0882. The monoisotopic (exact) mass is 211 g/mol. The number of carbonyl (C=O) groups is 1. The molecule has 0 bridgehead atoms. The van der Waals surface area contributed by atoms with Gasteiger partial charge in [-0.25, -0.2) is 4.39 Å². The summed E-state index contributed by atoms with van der Waals surface area (Å²) in [4.78, 5) is 11.5. The van der Waals surface area contributed by atoms with Crippen LogP contribution in [0.3, 0.4) is 0 Å². The van der Waals surface area contributed by atoms with Crippen LogP contribution >= 0.6 is 0 Å². The number of hydrogen-bond acceptors (Lipinski definition) is 3. The van der Waals surface area contributed by atoms with Crippen LogP contribution in [0.2, 0.25) is 0 Å². The maximum absolute atomic E-state index is 13.5. The van der Waals surface area contributed by atoms with E-state index in [1.54, 1.807) is 13.8 Å². The minimum atomic E-state index is -0.427. The summed E-state index contributed by atoms with van der Waals surface area (Å²) in [5, 5.41) is 0. The molecule has 0 heterocycles. The van der Waals surface area contributed by atoms with Crippen LogP contribution in [0.5, 0.6) is 5.75 Å². The Morgan fingerprint density at radius 3 is 2.60 bits per heavy atom. The Balaban J connectivity index is 3.43. The number of ketones is 1. The average molecular weight is 211 g/mol. The van der Waals surface area contributed by atoms with E-state index in [4.69, 9.17) is 10.5 Å². The summed E-state index contributed by atoms with van der Waals surface area (Å²) < 4.78 is 18.5. The zero-order valence-electron chi connectivity index (χ0n) is 9.06. The van der Waals surface area contributed by atoms with Gasteiger partial charge in [0.25, 0.3) is 0 Å². The molecule has 0 saturated heterocycles. The Hall–Kier alpha value is -1.42. The molecule has 1 aromatic carbocycles. The predicted molar refractivity (Wildman–Crippen MR) is 55.8 cm³/mol. The molecule has 0 aliphatic heterocycles. The molecule has 0 saturated carbocycles. The molecule has 0 amide bonds. The molecule has 0 aliphatic carbocycles. The number of halogens is 1. The van der Waals surface area contributed by atoms with E-state index in [0.717, 1.165) is 0 Å². The van der Waals surface area contributed by atoms with Crippen molar-refractivity contribution < 1.29 is 13.9 Å². The summed E-state index contributed by atoms with van der Waals surface area (Å²) in [5.41, 5.74) is 6.57. The average Bonchev–Trinajstić information content (AvgIpc) is 2.23. The number of rotatable bonds is 3. The predicted octanol–water partition coefficient (Wildman–Crippen LogP) is 1.59. The van der Waals surface area contributed by atoms with Gasteiger partial charge in [-0.2, -0.15) is 0 Å².